The molecule has 0 amide bonds. The highest BCUT2D eigenvalue weighted by Gasteiger charge is 2.01. The fourth-order valence-electron chi connectivity index (χ4n) is 0.981. The molecule has 0 aliphatic carbocycles. The molecule has 1 aromatic rings. The van der Waals surface area contributed by atoms with Gasteiger partial charge in [0.2, 0.25) is 5.89 Å². The third kappa shape index (κ3) is 3.57. The Morgan fingerprint density at radius 1 is 1.69 bits per heavy atom. The normalized spacial score (nSPS) is 13.2. The summed E-state index contributed by atoms with van der Waals surface area (Å²) in [6.45, 7) is 4.89. The summed E-state index contributed by atoms with van der Waals surface area (Å²) in [5.41, 5.74) is 0. The van der Waals surface area contributed by atoms with Gasteiger partial charge in [-0.1, -0.05) is 6.92 Å². The van der Waals surface area contributed by atoms with E-state index in [-0.39, 0.29) is 6.10 Å². The predicted octanol–water partition coefficient (Wildman–Crippen LogP) is 0.707. The highest BCUT2D eigenvalue weighted by Crippen LogP contribution is 2.03. The topological polar surface area (TPSA) is 58.3 Å². The van der Waals surface area contributed by atoms with Gasteiger partial charge in [-0.25, -0.2) is 4.98 Å². The van der Waals surface area contributed by atoms with Crippen LogP contribution in [0.25, 0.3) is 0 Å². The van der Waals surface area contributed by atoms with E-state index in [1.807, 2.05) is 6.92 Å². The molecule has 13 heavy (non-hydrogen) atoms. The zero-order chi connectivity index (χ0) is 9.68. The zero-order valence-corrected chi connectivity index (χ0v) is 8.08. The van der Waals surface area contributed by atoms with E-state index in [9.17, 15) is 0 Å². The molecule has 0 unspecified atom stereocenters. The molecule has 0 bridgehead atoms. The van der Waals surface area contributed by atoms with Crippen LogP contribution in [-0.4, -0.2) is 22.7 Å². The van der Waals surface area contributed by atoms with E-state index < -0.39 is 0 Å². The van der Waals surface area contributed by atoms with E-state index in [0.29, 0.717) is 19.0 Å². The number of aliphatic hydroxyl groups is 1. The second kappa shape index (κ2) is 4.99. The number of aryl methyl sites for hydroxylation is 1. The molecule has 0 saturated carbocycles. The molecule has 0 fully saturated rings. The molecular formula is C9H16N2O2. The van der Waals surface area contributed by atoms with Crippen molar-refractivity contribution in [2.45, 2.75) is 32.9 Å². The summed E-state index contributed by atoms with van der Waals surface area (Å²) in [4.78, 5) is 4.07. The van der Waals surface area contributed by atoms with E-state index in [1.54, 1.807) is 13.1 Å². The van der Waals surface area contributed by atoms with Gasteiger partial charge >= 0.3 is 0 Å². The number of aromatic nitrogens is 1. The summed E-state index contributed by atoms with van der Waals surface area (Å²) in [5, 5.41) is 12.0. The van der Waals surface area contributed by atoms with Crippen LogP contribution >= 0.6 is 0 Å². The molecule has 1 atom stereocenters. The van der Waals surface area contributed by atoms with Crippen LogP contribution in [0, 0.1) is 0 Å². The van der Waals surface area contributed by atoms with Crippen LogP contribution in [0.15, 0.2) is 10.6 Å². The Balaban J connectivity index is 2.28. The van der Waals surface area contributed by atoms with Gasteiger partial charge in [-0.3, -0.25) is 0 Å². The maximum atomic E-state index is 8.97. The van der Waals surface area contributed by atoms with Crippen LogP contribution in [0.4, 0.5) is 0 Å². The Morgan fingerprint density at radius 3 is 3.00 bits per heavy atom. The van der Waals surface area contributed by atoms with E-state index in [4.69, 9.17) is 9.52 Å². The number of hydrogen-bond acceptors (Lipinski definition) is 4. The largest absolute Gasteiger partial charge is 0.444 e. The summed E-state index contributed by atoms with van der Waals surface area (Å²) in [5.74, 6) is 1.58. The van der Waals surface area contributed by atoms with Gasteiger partial charge in [-0.05, 0) is 6.92 Å². The van der Waals surface area contributed by atoms with Gasteiger partial charge in [0.1, 0.15) is 5.76 Å². The lowest BCUT2D eigenvalue weighted by atomic mass is 10.4. The third-order valence-electron chi connectivity index (χ3n) is 1.67. The molecular weight excluding hydrogens is 168 g/mol. The standard InChI is InChI=1S/C9H16N2O2/c1-3-8-5-11-9(13-8)6-10-4-7(2)12/h5,7,10,12H,3-4,6H2,1-2H3/t7-/m0/s1. The zero-order valence-electron chi connectivity index (χ0n) is 8.08. The van der Waals surface area contributed by atoms with Gasteiger partial charge in [-0.2, -0.15) is 0 Å². The molecule has 0 aliphatic heterocycles. The van der Waals surface area contributed by atoms with Gasteiger partial charge in [0.15, 0.2) is 0 Å². The smallest absolute Gasteiger partial charge is 0.208 e. The minimum absolute atomic E-state index is 0.333. The SMILES string of the molecule is CCc1cnc(CNC[C@H](C)O)o1. The minimum atomic E-state index is -0.333. The first-order valence-corrected chi connectivity index (χ1v) is 4.54. The fourth-order valence-corrected chi connectivity index (χ4v) is 0.981. The number of hydrogen-bond donors (Lipinski definition) is 2. The first-order valence-electron chi connectivity index (χ1n) is 4.54. The minimum Gasteiger partial charge on any atom is -0.444 e. The highest BCUT2D eigenvalue weighted by molar-refractivity contribution is 4.93. The van der Waals surface area contributed by atoms with Crippen LogP contribution in [0.1, 0.15) is 25.5 Å². The number of rotatable bonds is 5. The molecule has 0 aliphatic rings. The van der Waals surface area contributed by atoms with Gasteiger partial charge in [0.25, 0.3) is 0 Å². The van der Waals surface area contributed by atoms with Crippen molar-refractivity contribution >= 4 is 0 Å². The monoisotopic (exact) mass is 184 g/mol. The number of aliphatic hydroxyl groups excluding tert-OH is 1. The fraction of sp³-hybridized carbons (Fsp3) is 0.667. The number of nitrogens with zero attached hydrogens (tertiary/aromatic N) is 1. The summed E-state index contributed by atoms with van der Waals surface area (Å²) in [6, 6.07) is 0. The average molecular weight is 184 g/mol. The van der Waals surface area contributed by atoms with Crippen LogP contribution in [0.2, 0.25) is 0 Å². The Labute approximate surface area is 78.0 Å². The van der Waals surface area contributed by atoms with Crippen molar-refractivity contribution in [3.63, 3.8) is 0 Å². The van der Waals surface area contributed by atoms with Crippen molar-refractivity contribution in [2.75, 3.05) is 6.54 Å². The second-order valence-corrected chi connectivity index (χ2v) is 3.05. The van der Waals surface area contributed by atoms with Crippen molar-refractivity contribution < 1.29 is 9.52 Å². The third-order valence-corrected chi connectivity index (χ3v) is 1.67. The number of oxazole rings is 1. The van der Waals surface area contributed by atoms with E-state index in [1.165, 1.54) is 0 Å². The van der Waals surface area contributed by atoms with Crippen molar-refractivity contribution in [1.29, 1.82) is 0 Å². The first kappa shape index (κ1) is 10.2. The number of nitrogens with one attached hydrogen (secondary N) is 1. The van der Waals surface area contributed by atoms with Gasteiger partial charge < -0.3 is 14.8 Å². The Bertz CT molecular complexity index is 246. The molecule has 0 radical (unpaired) electrons. The van der Waals surface area contributed by atoms with Crippen LogP contribution in [0.5, 0.6) is 0 Å². The first-order chi connectivity index (χ1) is 6.22. The molecule has 1 aromatic heterocycles. The van der Waals surface area contributed by atoms with Crippen LogP contribution < -0.4 is 5.32 Å². The van der Waals surface area contributed by atoms with E-state index in [0.717, 1.165) is 12.2 Å². The Morgan fingerprint density at radius 2 is 2.46 bits per heavy atom. The summed E-state index contributed by atoms with van der Waals surface area (Å²) in [6.07, 6.45) is 2.27. The average Bonchev–Trinajstić information content (AvgIpc) is 2.52. The Hall–Kier alpha value is -0.870. The van der Waals surface area contributed by atoms with Crippen LogP contribution in [0.3, 0.4) is 0 Å². The lowest BCUT2D eigenvalue weighted by Crippen LogP contribution is -2.23. The molecule has 4 heteroatoms. The molecule has 1 rings (SSSR count). The van der Waals surface area contributed by atoms with Crippen molar-refractivity contribution in [3.8, 4) is 0 Å². The molecule has 1 heterocycles. The van der Waals surface area contributed by atoms with Gasteiger partial charge in [0.05, 0.1) is 18.8 Å². The maximum Gasteiger partial charge on any atom is 0.208 e. The summed E-state index contributed by atoms with van der Waals surface area (Å²) >= 11 is 0. The predicted molar refractivity (Wildman–Crippen MR) is 49.3 cm³/mol. The molecule has 0 spiro atoms. The molecule has 0 saturated heterocycles. The second-order valence-electron chi connectivity index (χ2n) is 3.05. The highest BCUT2D eigenvalue weighted by atomic mass is 16.4. The van der Waals surface area contributed by atoms with Gasteiger partial charge in [0, 0.05) is 13.0 Å². The summed E-state index contributed by atoms with van der Waals surface area (Å²) < 4.78 is 5.36. The lowest BCUT2D eigenvalue weighted by molar-refractivity contribution is 0.189. The van der Waals surface area contributed by atoms with Gasteiger partial charge in [-0.15, -0.1) is 0 Å². The molecule has 74 valence electrons. The molecule has 4 nitrogen and oxygen atoms in total. The van der Waals surface area contributed by atoms with E-state index >= 15 is 0 Å². The molecule has 0 aromatic carbocycles. The summed E-state index contributed by atoms with van der Waals surface area (Å²) in [7, 11) is 0. The maximum absolute atomic E-state index is 8.97. The lowest BCUT2D eigenvalue weighted by Gasteiger charge is -2.03. The van der Waals surface area contributed by atoms with Crippen molar-refractivity contribution in [2.24, 2.45) is 0 Å². The Kier molecular flexibility index (Phi) is 3.92. The molecule has 2 N–H and O–H groups in total. The van der Waals surface area contributed by atoms with Crippen LogP contribution in [-0.2, 0) is 13.0 Å². The van der Waals surface area contributed by atoms with E-state index in [2.05, 4.69) is 10.3 Å². The van der Waals surface area contributed by atoms with Crippen molar-refractivity contribution in [1.82, 2.24) is 10.3 Å². The quantitative estimate of drug-likeness (QED) is 0.707. The van der Waals surface area contributed by atoms with Crippen molar-refractivity contribution in [3.05, 3.63) is 17.8 Å².